The molecule has 1 N–H and O–H groups in total. The van der Waals surface area contributed by atoms with E-state index in [0.29, 0.717) is 41.2 Å². The molecule has 0 unspecified atom stereocenters. The molecule has 1 saturated carbocycles. The van der Waals surface area contributed by atoms with Gasteiger partial charge >= 0.3 is 0 Å². The summed E-state index contributed by atoms with van der Waals surface area (Å²) in [5, 5.41) is 12.9. The van der Waals surface area contributed by atoms with Gasteiger partial charge in [0.2, 0.25) is 5.95 Å². The quantitative estimate of drug-likeness (QED) is 0.202. The largest absolute Gasteiger partial charge is 0.487 e. The Morgan fingerprint density at radius 1 is 0.978 bits per heavy atom. The Hall–Kier alpha value is -3.74. The van der Waals surface area contributed by atoms with Crippen LogP contribution in [0.4, 0.5) is 11.6 Å². The van der Waals surface area contributed by atoms with E-state index in [0.717, 1.165) is 55.6 Å². The van der Waals surface area contributed by atoms with Crippen LogP contribution >= 0.6 is 11.6 Å². The molecule has 3 aromatic heterocycles. The molecule has 1 aromatic carbocycles. The fraction of sp³-hybridized carbons (Fsp3) is 0.545. The van der Waals surface area contributed by atoms with Crippen LogP contribution in [0.3, 0.4) is 0 Å². The number of morpholine rings is 1. The molecule has 1 aliphatic carbocycles. The summed E-state index contributed by atoms with van der Waals surface area (Å²) in [5.74, 6) is 1.60. The van der Waals surface area contributed by atoms with E-state index in [1.54, 1.807) is 23.4 Å². The number of anilines is 2. The first-order valence-electron chi connectivity index (χ1n) is 16.2. The van der Waals surface area contributed by atoms with Gasteiger partial charge in [-0.3, -0.25) is 9.58 Å². The van der Waals surface area contributed by atoms with Crippen molar-refractivity contribution in [1.82, 2.24) is 39.4 Å². The van der Waals surface area contributed by atoms with Crippen molar-refractivity contribution in [2.75, 3.05) is 18.4 Å². The SMILES string of the molecule is CC(C)Oc1nn([C@H]2CC[C@H](N3C[C@@H](C)O[C@@H](C)C3)CC2)cc1Nc1ncc(-c2ccc(Cl)c(O[C@@H](C)Cn3cncn3)c2)cn1. The summed E-state index contributed by atoms with van der Waals surface area (Å²) < 4.78 is 22.0. The fourth-order valence-electron chi connectivity index (χ4n) is 6.44. The molecular weight excluding hydrogens is 606 g/mol. The summed E-state index contributed by atoms with van der Waals surface area (Å²) in [6.45, 7) is 12.9. The van der Waals surface area contributed by atoms with Crippen LogP contribution < -0.4 is 14.8 Å². The molecule has 12 nitrogen and oxygen atoms in total. The van der Waals surface area contributed by atoms with Crippen LogP contribution in [-0.4, -0.2) is 83.0 Å². The third-order valence-corrected chi connectivity index (χ3v) is 8.76. The van der Waals surface area contributed by atoms with Gasteiger partial charge < -0.3 is 19.5 Å². The highest BCUT2D eigenvalue weighted by Gasteiger charge is 2.32. The number of hydrogen-bond acceptors (Lipinski definition) is 10. The molecule has 2 aliphatic rings. The molecule has 0 amide bonds. The molecule has 13 heteroatoms. The van der Waals surface area contributed by atoms with Crippen molar-refractivity contribution in [2.24, 2.45) is 0 Å². The summed E-state index contributed by atoms with van der Waals surface area (Å²) in [6, 6.07) is 6.57. The number of nitrogens with one attached hydrogen (secondary N) is 1. The average molecular weight is 650 g/mol. The van der Waals surface area contributed by atoms with Gasteiger partial charge in [-0.1, -0.05) is 17.7 Å². The minimum Gasteiger partial charge on any atom is -0.487 e. The average Bonchev–Trinajstić information content (AvgIpc) is 3.68. The van der Waals surface area contributed by atoms with Crippen molar-refractivity contribution < 1.29 is 14.2 Å². The van der Waals surface area contributed by atoms with Crippen LogP contribution in [-0.2, 0) is 11.3 Å². The van der Waals surface area contributed by atoms with Crippen LogP contribution in [0.5, 0.6) is 11.6 Å². The van der Waals surface area contributed by atoms with E-state index in [1.807, 2.05) is 45.2 Å². The highest BCUT2D eigenvalue weighted by molar-refractivity contribution is 6.32. The molecule has 1 saturated heterocycles. The third kappa shape index (κ3) is 7.97. The summed E-state index contributed by atoms with van der Waals surface area (Å²) in [5.41, 5.74) is 2.49. The number of hydrogen-bond donors (Lipinski definition) is 1. The second-order valence-electron chi connectivity index (χ2n) is 12.8. The van der Waals surface area contributed by atoms with Crippen molar-refractivity contribution >= 4 is 23.2 Å². The van der Waals surface area contributed by atoms with Crippen LogP contribution in [0.15, 0.2) is 49.4 Å². The normalized spacial score (nSPS) is 22.9. The highest BCUT2D eigenvalue weighted by Crippen LogP contribution is 2.36. The van der Waals surface area contributed by atoms with Crippen LogP contribution in [0, 0.1) is 0 Å². The molecule has 0 spiro atoms. The summed E-state index contributed by atoms with van der Waals surface area (Å²) in [6.07, 6.45) is 13.6. The van der Waals surface area contributed by atoms with E-state index >= 15 is 0 Å². The lowest BCUT2D eigenvalue weighted by Gasteiger charge is -2.42. The second kappa shape index (κ2) is 14.4. The topological polar surface area (TPSA) is 117 Å². The molecule has 246 valence electrons. The van der Waals surface area contributed by atoms with Gasteiger partial charge in [0, 0.05) is 37.1 Å². The summed E-state index contributed by atoms with van der Waals surface area (Å²) >= 11 is 6.46. The Bertz CT molecular complexity index is 1550. The van der Waals surface area contributed by atoms with Gasteiger partial charge in [0.15, 0.2) is 0 Å². The zero-order chi connectivity index (χ0) is 32.2. The first-order chi connectivity index (χ1) is 22.2. The van der Waals surface area contributed by atoms with Gasteiger partial charge in [-0.05, 0) is 78.0 Å². The molecular formula is C33H44ClN9O3. The Kier molecular flexibility index (Phi) is 10.1. The molecule has 46 heavy (non-hydrogen) atoms. The minimum atomic E-state index is -0.159. The predicted octanol–water partition coefficient (Wildman–Crippen LogP) is 6.18. The van der Waals surface area contributed by atoms with Crippen molar-refractivity contribution in [2.45, 2.75) is 103 Å². The molecule has 2 fully saturated rings. The molecule has 0 bridgehead atoms. The van der Waals surface area contributed by atoms with E-state index in [1.165, 1.54) is 6.33 Å². The zero-order valence-electron chi connectivity index (χ0n) is 27.2. The predicted molar refractivity (Wildman–Crippen MR) is 177 cm³/mol. The van der Waals surface area contributed by atoms with Crippen molar-refractivity contribution in [3.63, 3.8) is 0 Å². The highest BCUT2D eigenvalue weighted by atomic mass is 35.5. The first-order valence-corrected chi connectivity index (χ1v) is 16.6. The lowest BCUT2D eigenvalue weighted by Crippen LogP contribution is -2.51. The number of halogens is 1. The number of benzene rings is 1. The Balaban J connectivity index is 1.11. The van der Waals surface area contributed by atoms with Crippen molar-refractivity contribution in [1.29, 1.82) is 0 Å². The first kappa shape index (κ1) is 32.2. The van der Waals surface area contributed by atoms with Crippen molar-refractivity contribution in [3.05, 3.63) is 54.5 Å². The molecule has 4 heterocycles. The Morgan fingerprint density at radius 2 is 1.70 bits per heavy atom. The van der Waals surface area contributed by atoms with E-state index in [4.69, 9.17) is 30.9 Å². The van der Waals surface area contributed by atoms with Gasteiger partial charge in [0.05, 0.1) is 42.1 Å². The van der Waals surface area contributed by atoms with Gasteiger partial charge in [0.25, 0.3) is 5.88 Å². The van der Waals surface area contributed by atoms with Crippen molar-refractivity contribution in [3.8, 4) is 22.8 Å². The van der Waals surface area contributed by atoms with Crippen LogP contribution in [0.1, 0.15) is 66.3 Å². The van der Waals surface area contributed by atoms with E-state index < -0.39 is 0 Å². The molecule has 1 aliphatic heterocycles. The number of ether oxygens (including phenoxy) is 3. The maximum absolute atomic E-state index is 6.46. The Labute approximate surface area is 275 Å². The van der Waals surface area contributed by atoms with E-state index in [2.05, 4.69) is 48.8 Å². The monoisotopic (exact) mass is 649 g/mol. The van der Waals surface area contributed by atoms with Crippen LogP contribution in [0.25, 0.3) is 11.1 Å². The smallest absolute Gasteiger partial charge is 0.257 e. The summed E-state index contributed by atoms with van der Waals surface area (Å²) in [4.78, 5) is 15.8. The molecule has 6 rings (SSSR count). The maximum atomic E-state index is 6.46. The van der Waals surface area contributed by atoms with Gasteiger partial charge in [0.1, 0.15) is 30.2 Å². The standard InChI is InChI=1S/C33H44ClN9O3/c1-21(2)44-32-30(18-43(40-32)28-9-7-27(8-10-28)41-15-22(3)45-23(4)16-41)39-33-36-13-26(14-37-33)25-6-11-29(34)31(12-25)46-24(5)17-42-20-35-19-38-42/h6,11-14,18-24,27-28H,7-10,15-17H2,1-5H3,(H,36,37,39)/t22-,23+,24-,27-,28-/m0/s1. The van der Waals surface area contributed by atoms with Gasteiger partial charge in [-0.25, -0.2) is 19.6 Å². The third-order valence-electron chi connectivity index (χ3n) is 8.45. The van der Waals surface area contributed by atoms with Gasteiger partial charge in [-0.15, -0.1) is 5.10 Å². The van der Waals surface area contributed by atoms with Gasteiger partial charge in [-0.2, -0.15) is 5.10 Å². The molecule has 4 aromatic rings. The lowest BCUT2D eigenvalue weighted by molar-refractivity contribution is -0.0852. The second-order valence-corrected chi connectivity index (χ2v) is 13.2. The van der Waals surface area contributed by atoms with E-state index in [9.17, 15) is 0 Å². The minimum absolute atomic E-state index is 0.0199. The number of rotatable bonds is 11. The molecule has 0 radical (unpaired) electrons. The summed E-state index contributed by atoms with van der Waals surface area (Å²) in [7, 11) is 0. The van der Waals surface area contributed by atoms with Crippen LogP contribution in [0.2, 0.25) is 5.02 Å². The lowest BCUT2D eigenvalue weighted by atomic mass is 9.89. The Morgan fingerprint density at radius 3 is 2.37 bits per heavy atom. The number of nitrogens with zero attached hydrogens (tertiary/aromatic N) is 8. The molecule has 3 atom stereocenters. The maximum Gasteiger partial charge on any atom is 0.257 e. The fourth-order valence-corrected chi connectivity index (χ4v) is 6.60. The van der Waals surface area contributed by atoms with E-state index in [-0.39, 0.29) is 24.4 Å². The zero-order valence-corrected chi connectivity index (χ0v) is 28.0. The number of aromatic nitrogens is 7.